The van der Waals surface area contributed by atoms with E-state index in [0.29, 0.717) is 0 Å². The van der Waals surface area contributed by atoms with Gasteiger partial charge in [0.05, 0.1) is 6.20 Å². The van der Waals surface area contributed by atoms with Crippen molar-refractivity contribution in [2.75, 3.05) is 36.0 Å². The molecule has 0 amide bonds. The van der Waals surface area contributed by atoms with Gasteiger partial charge in [-0.05, 0) is 12.1 Å². The van der Waals surface area contributed by atoms with Crippen molar-refractivity contribution in [3.8, 4) is 0 Å². The molecule has 0 bridgehead atoms. The van der Waals surface area contributed by atoms with Crippen molar-refractivity contribution in [2.45, 2.75) is 0 Å². The molecule has 0 unspecified atom stereocenters. The van der Waals surface area contributed by atoms with Gasteiger partial charge in [-0.2, -0.15) is 9.49 Å². The van der Waals surface area contributed by atoms with E-state index in [0.717, 1.165) is 43.3 Å². The van der Waals surface area contributed by atoms with Crippen LogP contribution in [0.15, 0.2) is 42.9 Å². The second-order valence-corrected chi connectivity index (χ2v) is 5.23. The predicted octanol–water partition coefficient (Wildman–Crippen LogP) is 1.59. The summed E-state index contributed by atoms with van der Waals surface area (Å²) in [7, 11) is 0. The molecule has 0 radical (unpaired) electrons. The Balaban J connectivity index is 1.49. The summed E-state index contributed by atoms with van der Waals surface area (Å²) in [4.78, 5) is 12.6. The van der Waals surface area contributed by atoms with Gasteiger partial charge in [0, 0.05) is 56.4 Å². The molecule has 3 aromatic rings. The van der Waals surface area contributed by atoms with Crippen LogP contribution in [0.1, 0.15) is 0 Å². The fourth-order valence-electron chi connectivity index (χ4n) is 2.76. The van der Waals surface area contributed by atoms with E-state index in [1.807, 2.05) is 24.4 Å². The van der Waals surface area contributed by atoms with Crippen LogP contribution in [0.3, 0.4) is 0 Å². The fraction of sp³-hybridized carbons (Fsp3) is 0.267. The molecule has 7 heteroatoms. The molecule has 6 nitrogen and oxygen atoms in total. The molecule has 0 atom stereocenters. The van der Waals surface area contributed by atoms with Crippen molar-refractivity contribution in [3.63, 3.8) is 0 Å². The Labute approximate surface area is 126 Å². The van der Waals surface area contributed by atoms with Gasteiger partial charge in [0.15, 0.2) is 5.65 Å². The zero-order valence-corrected chi connectivity index (χ0v) is 11.9. The minimum absolute atomic E-state index is 0.437. The first kappa shape index (κ1) is 13.0. The monoisotopic (exact) mass is 298 g/mol. The molecule has 0 aliphatic carbocycles. The zero-order valence-electron chi connectivity index (χ0n) is 11.9. The van der Waals surface area contributed by atoms with E-state index in [9.17, 15) is 4.39 Å². The molecule has 1 aliphatic rings. The van der Waals surface area contributed by atoms with Crippen LogP contribution in [-0.2, 0) is 0 Å². The van der Waals surface area contributed by atoms with Crippen LogP contribution in [0.5, 0.6) is 0 Å². The van der Waals surface area contributed by atoms with Crippen LogP contribution in [0.2, 0.25) is 0 Å². The summed E-state index contributed by atoms with van der Waals surface area (Å²) in [6, 6.07) is 7.18. The number of hydrogen-bond donors (Lipinski definition) is 0. The molecular formula is C15H15FN6. The maximum absolute atomic E-state index is 13.2. The van der Waals surface area contributed by atoms with E-state index < -0.39 is 5.95 Å². The number of nitrogens with zero attached hydrogens (tertiary/aromatic N) is 6. The average molecular weight is 298 g/mol. The van der Waals surface area contributed by atoms with Crippen LogP contribution < -0.4 is 9.80 Å². The Bertz CT molecular complexity index is 793. The topological polar surface area (TPSA) is 49.6 Å². The number of fused-ring (bicyclic) bond motifs is 1. The molecule has 1 saturated heterocycles. The van der Waals surface area contributed by atoms with E-state index in [1.165, 1.54) is 12.3 Å². The minimum atomic E-state index is -0.437. The lowest BCUT2D eigenvalue weighted by Crippen LogP contribution is -2.46. The minimum Gasteiger partial charge on any atom is -0.368 e. The van der Waals surface area contributed by atoms with Crippen LogP contribution >= 0.6 is 0 Å². The lowest BCUT2D eigenvalue weighted by atomic mass is 10.2. The van der Waals surface area contributed by atoms with Gasteiger partial charge >= 0.3 is 0 Å². The second-order valence-electron chi connectivity index (χ2n) is 5.23. The maximum atomic E-state index is 13.2. The summed E-state index contributed by atoms with van der Waals surface area (Å²) < 4.78 is 15.0. The van der Waals surface area contributed by atoms with E-state index in [4.69, 9.17) is 0 Å². The van der Waals surface area contributed by atoms with Gasteiger partial charge < -0.3 is 9.80 Å². The normalized spacial score (nSPS) is 15.5. The summed E-state index contributed by atoms with van der Waals surface area (Å²) in [5, 5.41) is 4.15. The molecule has 0 aromatic carbocycles. The highest BCUT2D eigenvalue weighted by Gasteiger charge is 2.19. The summed E-state index contributed by atoms with van der Waals surface area (Å²) in [6.45, 7) is 3.35. The van der Waals surface area contributed by atoms with Crippen molar-refractivity contribution >= 4 is 17.2 Å². The highest BCUT2D eigenvalue weighted by atomic mass is 19.1. The summed E-state index contributed by atoms with van der Waals surface area (Å²) in [5.74, 6) is 0.515. The Morgan fingerprint density at radius 3 is 2.59 bits per heavy atom. The molecule has 4 heterocycles. The molecule has 112 valence electrons. The third kappa shape index (κ3) is 2.34. The quantitative estimate of drug-likeness (QED) is 0.673. The van der Waals surface area contributed by atoms with Crippen LogP contribution in [0, 0.1) is 5.95 Å². The number of anilines is 2. The first-order valence-corrected chi connectivity index (χ1v) is 7.21. The fourth-order valence-corrected chi connectivity index (χ4v) is 2.76. The highest BCUT2D eigenvalue weighted by Crippen LogP contribution is 2.19. The van der Waals surface area contributed by atoms with Crippen LogP contribution in [0.25, 0.3) is 5.65 Å². The summed E-state index contributed by atoms with van der Waals surface area (Å²) in [5.41, 5.74) is 1.72. The van der Waals surface area contributed by atoms with E-state index in [2.05, 4.69) is 24.9 Å². The standard InChI is InChI=1S/C15H15FN6/c16-13-11-12(1-4-17-13)20-7-9-21(10-8-20)14-3-6-22-15(19-14)2-5-18-22/h1-6,11H,7-10H2. The number of pyridine rings is 1. The third-order valence-corrected chi connectivity index (χ3v) is 3.92. The van der Waals surface area contributed by atoms with E-state index in [1.54, 1.807) is 10.7 Å². The largest absolute Gasteiger partial charge is 0.368 e. The van der Waals surface area contributed by atoms with Gasteiger partial charge in [-0.1, -0.05) is 0 Å². The molecule has 22 heavy (non-hydrogen) atoms. The van der Waals surface area contributed by atoms with Gasteiger partial charge in [-0.15, -0.1) is 0 Å². The van der Waals surface area contributed by atoms with Gasteiger partial charge in [-0.3, -0.25) is 0 Å². The van der Waals surface area contributed by atoms with E-state index >= 15 is 0 Å². The van der Waals surface area contributed by atoms with Crippen molar-refractivity contribution in [1.82, 2.24) is 19.6 Å². The number of hydrogen-bond acceptors (Lipinski definition) is 5. The Morgan fingerprint density at radius 2 is 1.77 bits per heavy atom. The maximum Gasteiger partial charge on any atom is 0.214 e. The molecular weight excluding hydrogens is 283 g/mol. The smallest absolute Gasteiger partial charge is 0.214 e. The summed E-state index contributed by atoms with van der Waals surface area (Å²) >= 11 is 0. The number of halogens is 1. The second kappa shape index (κ2) is 5.25. The van der Waals surface area contributed by atoms with Crippen molar-refractivity contribution in [2.24, 2.45) is 0 Å². The average Bonchev–Trinajstić information content (AvgIpc) is 3.02. The van der Waals surface area contributed by atoms with Gasteiger partial charge in [0.1, 0.15) is 5.82 Å². The Kier molecular flexibility index (Phi) is 3.10. The zero-order chi connectivity index (χ0) is 14.9. The van der Waals surface area contributed by atoms with Gasteiger partial charge in [-0.25, -0.2) is 14.5 Å². The van der Waals surface area contributed by atoms with Gasteiger partial charge in [0.2, 0.25) is 5.95 Å². The first-order valence-electron chi connectivity index (χ1n) is 7.21. The molecule has 0 saturated carbocycles. The molecule has 1 fully saturated rings. The number of piperazine rings is 1. The van der Waals surface area contributed by atoms with Crippen molar-refractivity contribution < 1.29 is 4.39 Å². The Hall–Kier alpha value is -2.70. The number of aromatic nitrogens is 4. The molecule has 4 rings (SSSR count). The van der Waals surface area contributed by atoms with Crippen molar-refractivity contribution in [3.05, 3.63) is 48.8 Å². The third-order valence-electron chi connectivity index (χ3n) is 3.92. The van der Waals surface area contributed by atoms with Crippen molar-refractivity contribution in [1.29, 1.82) is 0 Å². The molecule has 0 spiro atoms. The molecule has 0 N–H and O–H groups in total. The van der Waals surface area contributed by atoms with E-state index in [-0.39, 0.29) is 0 Å². The SMILES string of the molecule is Fc1cc(N2CCN(c3ccn4nccc4n3)CC2)ccn1. The summed E-state index contributed by atoms with van der Waals surface area (Å²) in [6.07, 6.45) is 5.16. The highest BCUT2D eigenvalue weighted by molar-refractivity contribution is 5.51. The lowest BCUT2D eigenvalue weighted by molar-refractivity contribution is 0.580. The first-order chi connectivity index (χ1) is 10.8. The lowest BCUT2D eigenvalue weighted by Gasteiger charge is -2.36. The number of rotatable bonds is 2. The van der Waals surface area contributed by atoms with Crippen LogP contribution in [-0.4, -0.2) is 45.8 Å². The van der Waals surface area contributed by atoms with Gasteiger partial charge in [0.25, 0.3) is 0 Å². The van der Waals surface area contributed by atoms with Crippen LogP contribution in [0.4, 0.5) is 15.9 Å². The predicted molar refractivity (Wildman–Crippen MR) is 81.6 cm³/mol. The Morgan fingerprint density at radius 1 is 0.955 bits per heavy atom. The molecule has 1 aliphatic heterocycles. The molecule has 3 aromatic heterocycles.